The van der Waals surface area contributed by atoms with E-state index < -0.39 is 6.04 Å². The Hall–Kier alpha value is -0.950. The molecule has 2 aromatic heterocycles. The Morgan fingerprint density at radius 1 is 1.41 bits per heavy atom. The van der Waals surface area contributed by atoms with Gasteiger partial charge in [0.05, 0.1) is 29.5 Å². The zero-order chi connectivity index (χ0) is 12.4. The lowest BCUT2D eigenvalue weighted by molar-refractivity contribution is 0.203. The standard InChI is InChI=1S/C10H12ClN3O2S/c1-5-4-17-8-7(5)13-10(11)14-9(8)12-6(2-15)3-16/h4,6,15-16H,2-3H2,1H3,(H,12,13,14). The predicted molar refractivity (Wildman–Crippen MR) is 68.7 cm³/mol. The molecule has 2 aromatic rings. The number of fused-ring (bicyclic) bond motifs is 1. The number of thiophene rings is 1. The van der Waals surface area contributed by atoms with Crippen molar-refractivity contribution in [2.45, 2.75) is 13.0 Å². The second-order valence-electron chi connectivity index (χ2n) is 3.64. The van der Waals surface area contributed by atoms with Gasteiger partial charge in [0.25, 0.3) is 0 Å². The number of nitrogens with zero attached hydrogens (tertiary/aromatic N) is 2. The number of anilines is 1. The first kappa shape index (κ1) is 12.5. The lowest BCUT2D eigenvalue weighted by Gasteiger charge is -2.14. The molecule has 92 valence electrons. The van der Waals surface area contributed by atoms with Gasteiger partial charge in [-0.3, -0.25) is 0 Å². The molecular weight excluding hydrogens is 262 g/mol. The number of aromatic nitrogens is 2. The third-order valence-corrected chi connectivity index (χ3v) is 3.61. The van der Waals surface area contributed by atoms with Crippen molar-refractivity contribution in [2.24, 2.45) is 0 Å². The van der Waals surface area contributed by atoms with Crippen LogP contribution in [0.1, 0.15) is 5.56 Å². The fourth-order valence-electron chi connectivity index (χ4n) is 1.45. The van der Waals surface area contributed by atoms with Crippen LogP contribution in [0.15, 0.2) is 5.38 Å². The molecule has 0 aliphatic heterocycles. The maximum absolute atomic E-state index is 9.04. The van der Waals surface area contributed by atoms with E-state index in [0.29, 0.717) is 5.82 Å². The summed E-state index contributed by atoms with van der Waals surface area (Å²) in [4.78, 5) is 8.24. The number of hydrogen-bond acceptors (Lipinski definition) is 6. The highest BCUT2D eigenvalue weighted by molar-refractivity contribution is 7.18. The van der Waals surface area contributed by atoms with Crippen LogP contribution in [0.2, 0.25) is 5.28 Å². The molecule has 0 amide bonds. The fraction of sp³-hybridized carbons (Fsp3) is 0.400. The van der Waals surface area contributed by atoms with Crippen molar-refractivity contribution in [3.8, 4) is 0 Å². The van der Waals surface area contributed by atoms with Crippen molar-refractivity contribution in [2.75, 3.05) is 18.5 Å². The van der Waals surface area contributed by atoms with Gasteiger partial charge < -0.3 is 15.5 Å². The summed E-state index contributed by atoms with van der Waals surface area (Å²) >= 11 is 7.34. The second kappa shape index (κ2) is 5.14. The Bertz CT molecular complexity index is 527. The average Bonchev–Trinajstić information content (AvgIpc) is 2.68. The highest BCUT2D eigenvalue weighted by Gasteiger charge is 2.14. The van der Waals surface area contributed by atoms with Crippen LogP contribution in [0.25, 0.3) is 10.2 Å². The Balaban J connectivity index is 2.45. The third-order valence-electron chi connectivity index (χ3n) is 2.35. The summed E-state index contributed by atoms with van der Waals surface area (Å²) in [5.41, 5.74) is 1.83. The molecule has 3 N–H and O–H groups in total. The average molecular weight is 274 g/mol. The highest BCUT2D eigenvalue weighted by atomic mass is 35.5. The van der Waals surface area contributed by atoms with E-state index in [1.165, 1.54) is 11.3 Å². The van der Waals surface area contributed by atoms with Crippen molar-refractivity contribution in [1.82, 2.24) is 9.97 Å². The van der Waals surface area contributed by atoms with Crippen molar-refractivity contribution < 1.29 is 10.2 Å². The number of nitrogens with one attached hydrogen (secondary N) is 1. The molecule has 0 radical (unpaired) electrons. The van der Waals surface area contributed by atoms with Crippen LogP contribution in [0.4, 0.5) is 5.82 Å². The lowest BCUT2D eigenvalue weighted by Crippen LogP contribution is -2.28. The van der Waals surface area contributed by atoms with Gasteiger partial charge in [-0.15, -0.1) is 11.3 Å². The molecule has 0 aliphatic rings. The fourth-order valence-corrected chi connectivity index (χ4v) is 2.56. The summed E-state index contributed by atoms with van der Waals surface area (Å²) in [6.07, 6.45) is 0. The molecule has 2 heterocycles. The quantitative estimate of drug-likeness (QED) is 0.735. The zero-order valence-electron chi connectivity index (χ0n) is 9.14. The molecule has 7 heteroatoms. The molecule has 5 nitrogen and oxygen atoms in total. The van der Waals surface area contributed by atoms with Crippen LogP contribution in [-0.4, -0.2) is 39.4 Å². The van der Waals surface area contributed by atoms with Crippen molar-refractivity contribution in [3.63, 3.8) is 0 Å². The number of aliphatic hydroxyl groups excluding tert-OH is 2. The van der Waals surface area contributed by atoms with Crippen LogP contribution in [0.5, 0.6) is 0 Å². The molecule has 17 heavy (non-hydrogen) atoms. The Labute approximate surface area is 107 Å². The molecule has 0 bridgehead atoms. The van der Waals surface area contributed by atoms with E-state index in [2.05, 4.69) is 15.3 Å². The Kier molecular flexibility index (Phi) is 3.78. The number of aliphatic hydroxyl groups is 2. The minimum Gasteiger partial charge on any atom is -0.394 e. The molecule has 0 unspecified atom stereocenters. The zero-order valence-corrected chi connectivity index (χ0v) is 10.7. The topological polar surface area (TPSA) is 78.3 Å². The summed E-state index contributed by atoms with van der Waals surface area (Å²) in [5, 5.41) is 23.1. The van der Waals surface area contributed by atoms with Gasteiger partial charge in [0.1, 0.15) is 5.82 Å². The van der Waals surface area contributed by atoms with Gasteiger partial charge in [-0.2, -0.15) is 4.98 Å². The minimum absolute atomic E-state index is 0.149. The molecular formula is C10H12ClN3O2S. The van der Waals surface area contributed by atoms with Crippen LogP contribution in [-0.2, 0) is 0 Å². The van der Waals surface area contributed by atoms with Gasteiger partial charge in [0, 0.05) is 0 Å². The van der Waals surface area contributed by atoms with Crippen LogP contribution < -0.4 is 5.32 Å². The van der Waals surface area contributed by atoms with E-state index in [1.807, 2.05) is 12.3 Å². The SMILES string of the molecule is Cc1csc2c(NC(CO)CO)nc(Cl)nc12. The second-order valence-corrected chi connectivity index (χ2v) is 4.86. The summed E-state index contributed by atoms with van der Waals surface area (Å²) < 4.78 is 0.874. The highest BCUT2D eigenvalue weighted by Crippen LogP contribution is 2.30. The van der Waals surface area contributed by atoms with E-state index >= 15 is 0 Å². The number of aryl methyl sites for hydroxylation is 1. The normalized spacial score (nSPS) is 11.4. The Morgan fingerprint density at radius 3 is 2.76 bits per heavy atom. The monoisotopic (exact) mass is 273 g/mol. The minimum atomic E-state index is -0.452. The van der Waals surface area contributed by atoms with Gasteiger partial charge >= 0.3 is 0 Å². The first-order valence-corrected chi connectivity index (χ1v) is 6.31. The molecule has 0 aliphatic carbocycles. The molecule has 0 atom stereocenters. The number of hydrogen-bond donors (Lipinski definition) is 3. The number of halogens is 1. The van der Waals surface area contributed by atoms with E-state index in [0.717, 1.165) is 15.8 Å². The summed E-state index contributed by atoms with van der Waals surface area (Å²) in [5.74, 6) is 0.547. The maximum Gasteiger partial charge on any atom is 0.224 e. The van der Waals surface area contributed by atoms with Crippen LogP contribution in [0, 0.1) is 6.92 Å². The van der Waals surface area contributed by atoms with Gasteiger partial charge in [0.2, 0.25) is 5.28 Å². The molecule has 0 saturated carbocycles. The van der Waals surface area contributed by atoms with Gasteiger partial charge in [-0.25, -0.2) is 4.98 Å². The third kappa shape index (κ3) is 2.50. The molecule has 2 rings (SSSR count). The van der Waals surface area contributed by atoms with Gasteiger partial charge in [-0.1, -0.05) is 0 Å². The van der Waals surface area contributed by atoms with E-state index in [9.17, 15) is 0 Å². The van der Waals surface area contributed by atoms with Gasteiger partial charge in [0.15, 0.2) is 0 Å². The van der Waals surface area contributed by atoms with E-state index in [1.54, 1.807) is 0 Å². The molecule has 0 fully saturated rings. The summed E-state index contributed by atoms with van der Waals surface area (Å²) in [6.45, 7) is 1.59. The van der Waals surface area contributed by atoms with Crippen molar-refractivity contribution >= 4 is 39.0 Å². The first-order valence-electron chi connectivity index (χ1n) is 5.05. The maximum atomic E-state index is 9.04. The van der Waals surface area contributed by atoms with Crippen LogP contribution >= 0.6 is 22.9 Å². The molecule has 0 aromatic carbocycles. The van der Waals surface area contributed by atoms with Crippen molar-refractivity contribution in [3.05, 3.63) is 16.2 Å². The van der Waals surface area contributed by atoms with Crippen LogP contribution in [0.3, 0.4) is 0 Å². The van der Waals surface area contributed by atoms with E-state index in [4.69, 9.17) is 21.8 Å². The first-order chi connectivity index (χ1) is 8.15. The van der Waals surface area contributed by atoms with Crippen molar-refractivity contribution in [1.29, 1.82) is 0 Å². The molecule has 0 saturated heterocycles. The predicted octanol–water partition coefficient (Wildman–Crippen LogP) is 1.42. The largest absolute Gasteiger partial charge is 0.394 e. The van der Waals surface area contributed by atoms with Gasteiger partial charge in [-0.05, 0) is 29.5 Å². The Morgan fingerprint density at radius 2 is 2.12 bits per heavy atom. The summed E-state index contributed by atoms with van der Waals surface area (Å²) in [7, 11) is 0. The number of rotatable bonds is 4. The smallest absolute Gasteiger partial charge is 0.224 e. The summed E-state index contributed by atoms with van der Waals surface area (Å²) in [6, 6.07) is -0.452. The molecule has 0 spiro atoms. The lowest BCUT2D eigenvalue weighted by atomic mass is 10.3. The van der Waals surface area contributed by atoms with E-state index in [-0.39, 0.29) is 18.5 Å².